The Bertz CT molecular complexity index is 1130. The van der Waals surface area contributed by atoms with Gasteiger partial charge in [0.05, 0.1) is 5.69 Å². The Morgan fingerprint density at radius 2 is 1.70 bits per heavy atom. The summed E-state index contributed by atoms with van der Waals surface area (Å²) in [6.07, 6.45) is 3.14. The van der Waals surface area contributed by atoms with Gasteiger partial charge in [0.25, 0.3) is 0 Å². The molecule has 1 aliphatic rings. The summed E-state index contributed by atoms with van der Waals surface area (Å²) >= 11 is 0. The smallest absolute Gasteiger partial charge is 0.148 e. The number of hydrogen-bond donors (Lipinski definition) is 1. The third-order valence-electron chi connectivity index (χ3n) is 5.23. The van der Waals surface area contributed by atoms with Gasteiger partial charge >= 0.3 is 0 Å². The topological polar surface area (TPSA) is 29.9 Å². The molecule has 3 nitrogen and oxygen atoms in total. The molecule has 27 heavy (non-hydrogen) atoms. The maximum Gasteiger partial charge on any atom is 0.148 e. The normalized spacial score (nSPS) is 13.8. The van der Waals surface area contributed by atoms with Crippen molar-refractivity contribution in [3.05, 3.63) is 78.1 Å². The minimum atomic E-state index is -0.265. The summed E-state index contributed by atoms with van der Waals surface area (Å²) < 4.78 is 16.2. The van der Waals surface area contributed by atoms with Gasteiger partial charge in [0, 0.05) is 17.7 Å². The lowest BCUT2D eigenvalue weighted by molar-refractivity contribution is 0.611. The van der Waals surface area contributed by atoms with E-state index in [0.29, 0.717) is 5.69 Å². The molecule has 4 aromatic rings. The van der Waals surface area contributed by atoms with Crippen LogP contribution in [0.1, 0.15) is 18.4 Å². The van der Waals surface area contributed by atoms with Crippen molar-refractivity contribution in [3.8, 4) is 16.9 Å². The highest BCUT2D eigenvalue weighted by molar-refractivity contribution is 5.87. The summed E-state index contributed by atoms with van der Waals surface area (Å²) in [5.74, 6) is 0.652. The summed E-state index contributed by atoms with van der Waals surface area (Å²) in [5, 5.41) is 10.7. The average Bonchev–Trinajstić information content (AvgIpc) is 2.89. The molecule has 0 radical (unpaired) electrons. The Morgan fingerprint density at radius 1 is 0.889 bits per heavy atom. The van der Waals surface area contributed by atoms with E-state index in [0.717, 1.165) is 42.9 Å². The van der Waals surface area contributed by atoms with Gasteiger partial charge in [-0.3, -0.25) is 0 Å². The zero-order valence-corrected chi connectivity index (χ0v) is 15.0. The molecule has 0 aliphatic carbocycles. The van der Waals surface area contributed by atoms with E-state index in [1.165, 1.54) is 22.4 Å². The molecular formula is C23H20FN3. The Balaban J connectivity index is 1.73. The molecule has 1 aliphatic heterocycles. The zero-order valence-electron chi connectivity index (χ0n) is 15.0. The molecular weight excluding hydrogens is 337 g/mol. The van der Waals surface area contributed by atoms with Crippen LogP contribution in [0.25, 0.3) is 27.7 Å². The molecule has 5 rings (SSSR count). The molecule has 0 unspecified atom stereocenters. The standard InChI is InChI=1S/C23H20FN3/c24-20-10-3-4-11-21(20)27-23-19(9-5-6-14-25-23)22(26-27)18-13-12-16-7-1-2-8-17(16)15-18/h1-4,7-8,10-13,15,25H,5-6,9,14H2. The van der Waals surface area contributed by atoms with Crippen LogP contribution in [0.3, 0.4) is 0 Å². The Labute approximate surface area is 157 Å². The Morgan fingerprint density at radius 3 is 2.59 bits per heavy atom. The van der Waals surface area contributed by atoms with E-state index in [4.69, 9.17) is 5.10 Å². The molecule has 0 spiro atoms. The van der Waals surface area contributed by atoms with E-state index < -0.39 is 0 Å². The van der Waals surface area contributed by atoms with E-state index in [-0.39, 0.29) is 5.82 Å². The fourth-order valence-electron chi connectivity index (χ4n) is 3.87. The second kappa shape index (κ2) is 6.54. The Hall–Kier alpha value is -3.14. The first-order valence-corrected chi connectivity index (χ1v) is 9.41. The molecule has 0 amide bonds. The quantitative estimate of drug-likeness (QED) is 0.507. The van der Waals surface area contributed by atoms with Gasteiger partial charge in [0.1, 0.15) is 17.3 Å². The second-order valence-corrected chi connectivity index (χ2v) is 6.98. The van der Waals surface area contributed by atoms with Gasteiger partial charge in [-0.05, 0) is 48.2 Å². The number of aromatic nitrogens is 2. The third kappa shape index (κ3) is 2.78. The molecule has 0 bridgehead atoms. The second-order valence-electron chi connectivity index (χ2n) is 6.98. The van der Waals surface area contributed by atoms with Crippen LogP contribution in [0.15, 0.2) is 66.7 Å². The van der Waals surface area contributed by atoms with Crippen LogP contribution in [0.4, 0.5) is 10.2 Å². The number of nitrogens with zero attached hydrogens (tertiary/aromatic N) is 2. The minimum Gasteiger partial charge on any atom is -0.370 e. The highest BCUT2D eigenvalue weighted by atomic mass is 19.1. The average molecular weight is 357 g/mol. The number of hydrogen-bond acceptors (Lipinski definition) is 2. The van der Waals surface area contributed by atoms with Gasteiger partial charge < -0.3 is 5.32 Å². The number of benzene rings is 3. The van der Waals surface area contributed by atoms with Crippen molar-refractivity contribution < 1.29 is 4.39 Å². The molecule has 0 saturated carbocycles. The summed E-state index contributed by atoms with van der Waals surface area (Å²) in [6.45, 7) is 0.879. The predicted octanol–water partition coefficient (Wildman–Crippen LogP) is 5.58. The first-order chi connectivity index (χ1) is 13.3. The highest BCUT2D eigenvalue weighted by Gasteiger charge is 2.22. The molecule has 1 N–H and O–H groups in total. The van der Waals surface area contributed by atoms with Gasteiger partial charge in [0.15, 0.2) is 0 Å². The van der Waals surface area contributed by atoms with Crippen molar-refractivity contribution in [1.82, 2.24) is 9.78 Å². The minimum absolute atomic E-state index is 0.265. The molecule has 1 aromatic heterocycles. The molecule has 0 fully saturated rings. The lowest BCUT2D eigenvalue weighted by Gasteiger charge is -2.09. The fraction of sp³-hybridized carbons (Fsp3) is 0.174. The van der Waals surface area contributed by atoms with Crippen molar-refractivity contribution >= 4 is 16.6 Å². The number of nitrogens with one attached hydrogen (secondary N) is 1. The lowest BCUT2D eigenvalue weighted by atomic mass is 10.0. The van der Waals surface area contributed by atoms with Crippen LogP contribution in [0, 0.1) is 5.82 Å². The van der Waals surface area contributed by atoms with Gasteiger partial charge in [-0.2, -0.15) is 5.10 Å². The molecule has 0 saturated heterocycles. The van der Waals surface area contributed by atoms with E-state index in [2.05, 4.69) is 35.6 Å². The van der Waals surface area contributed by atoms with E-state index in [1.807, 2.05) is 18.2 Å². The number of rotatable bonds is 2. The summed E-state index contributed by atoms with van der Waals surface area (Å²) in [5.41, 5.74) is 3.67. The van der Waals surface area contributed by atoms with Crippen LogP contribution >= 0.6 is 0 Å². The number of halogens is 1. The number of para-hydroxylation sites is 1. The summed E-state index contributed by atoms with van der Waals surface area (Å²) in [6, 6.07) is 21.5. The van der Waals surface area contributed by atoms with Crippen molar-refractivity contribution in [1.29, 1.82) is 0 Å². The van der Waals surface area contributed by atoms with E-state index in [1.54, 1.807) is 16.8 Å². The maximum absolute atomic E-state index is 14.5. The van der Waals surface area contributed by atoms with Crippen molar-refractivity contribution in [2.24, 2.45) is 0 Å². The van der Waals surface area contributed by atoms with Crippen molar-refractivity contribution in [3.63, 3.8) is 0 Å². The van der Waals surface area contributed by atoms with Crippen LogP contribution in [-0.2, 0) is 6.42 Å². The van der Waals surface area contributed by atoms with E-state index >= 15 is 0 Å². The first-order valence-electron chi connectivity index (χ1n) is 9.41. The Kier molecular flexibility index (Phi) is 3.89. The number of anilines is 1. The van der Waals surface area contributed by atoms with Crippen LogP contribution < -0.4 is 5.32 Å². The van der Waals surface area contributed by atoms with Gasteiger partial charge in [-0.15, -0.1) is 0 Å². The van der Waals surface area contributed by atoms with Gasteiger partial charge in [-0.25, -0.2) is 9.07 Å². The molecule has 4 heteroatoms. The third-order valence-corrected chi connectivity index (χ3v) is 5.23. The fourth-order valence-corrected chi connectivity index (χ4v) is 3.87. The van der Waals surface area contributed by atoms with E-state index in [9.17, 15) is 4.39 Å². The summed E-state index contributed by atoms with van der Waals surface area (Å²) in [7, 11) is 0. The zero-order chi connectivity index (χ0) is 18.2. The highest BCUT2D eigenvalue weighted by Crippen LogP contribution is 2.35. The number of fused-ring (bicyclic) bond motifs is 2. The van der Waals surface area contributed by atoms with Crippen LogP contribution in [0.5, 0.6) is 0 Å². The predicted molar refractivity (Wildman–Crippen MR) is 108 cm³/mol. The molecule has 0 atom stereocenters. The van der Waals surface area contributed by atoms with Crippen LogP contribution in [0.2, 0.25) is 0 Å². The summed E-state index contributed by atoms with van der Waals surface area (Å²) in [4.78, 5) is 0. The van der Waals surface area contributed by atoms with Crippen molar-refractivity contribution in [2.75, 3.05) is 11.9 Å². The maximum atomic E-state index is 14.5. The monoisotopic (exact) mass is 357 g/mol. The molecule has 3 aromatic carbocycles. The molecule has 2 heterocycles. The van der Waals surface area contributed by atoms with Gasteiger partial charge in [-0.1, -0.05) is 48.5 Å². The SMILES string of the molecule is Fc1ccccc1-n1nc(-c2ccc3ccccc3c2)c2c1NCCCC2. The molecule has 134 valence electrons. The van der Waals surface area contributed by atoms with Crippen molar-refractivity contribution in [2.45, 2.75) is 19.3 Å². The van der Waals surface area contributed by atoms with Gasteiger partial charge in [0.2, 0.25) is 0 Å². The lowest BCUT2D eigenvalue weighted by Crippen LogP contribution is -2.08. The van der Waals surface area contributed by atoms with Crippen LogP contribution in [-0.4, -0.2) is 16.3 Å². The largest absolute Gasteiger partial charge is 0.370 e. The first kappa shape index (κ1) is 16.1.